The van der Waals surface area contributed by atoms with Crippen LogP contribution < -0.4 is 5.32 Å². The molecule has 1 N–H and O–H groups in total. The molecule has 3 amide bonds. The Balaban J connectivity index is 1.43. The molecular weight excluding hydrogens is 368 g/mol. The number of nitrogens with one attached hydrogen (secondary N) is 1. The Hall–Kier alpha value is -1.83. The summed E-state index contributed by atoms with van der Waals surface area (Å²) in [5, 5.41) is 3.66. The Morgan fingerprint density at radius 1 is 1.04 bits per heavy atom. The van der Waals surface area contributed by atoms with Crippen molar-refractivity contribution in [1.29, 1.82) is 0 Å². The number of morpholine rings is 1. The first kappa shape index (κ1) is 19.9. The predicted molar refractivity (Wildman–Crippen MR) is 104 cm³/mol. The summed E-state index contributed by atoms with van der Waals surface area (Å²) in [6.07, 6.45) is 0. The van der Waals surface area contributed by atoms with E-state index in [0.29, 0.717) is 64.0 Å². The Morgan fingerprint density at radius 3 is 2.26 bits per heavy atom. The van der Waals surface area contributed by atoms with Crippen LogP contribution in [0.4, 0.5) is 4.79 Å². The molecule has 1 aromatic rings. The van der Waals surface area contributed by atoms with E-state index in [2.05, 4.69) is 10.2 Å². The first-order valence-corrected chi connectivity index (χ1v) is 9.80. The van der Waals surface area contributed by atoms with Crippen LogP contribution in [0.15, 0.2) is 24.3 Å². The van der Waals surface area contributed by atoms with Crippen molar-refractivity contribution in [3.63, 3.8) is 0 Å². The molecule has 27 heavy (non-hydrogen) atoms. The summed E-state index contributed by atoms with van der Waals surface area (Å²) in [5.74, 6) is -0.00194. The minimum Gasteiger partial charge on any atom is -0.378 e. The van der Waals surface area contributed by atoms with Crippen molar-refractivity contribution in [2.75, 3.05) is 52.5 Å². The van der Waals surface area contributed by atoms with E-state index in [9.17, 15) is 9.59 Å². The van der Waals surface area contributed by atoms with Crippen LogP contribution in [0.25, 0.3) is 0 Å². The number of hydrogen-bond donors (Lipinski definition) is 1. The minimum absolute atomic E-state index is 0.00194. The second-order valence-corrected chi connectivity index (χ2v) is 7.36. The SMILES string of the molecule is CC(C(=O)NCc1ccc(Cl)cc1)N1CCN(C(=O)N2CCOCC2)CC1. The molecule has 2 fully saturated rings. The quantitative estimate of drug-likeness (QED) is 0.838. The summed E-state index contributed by atoms with van der Waals surface area (Å²) >= 11 is 5.88. The summed E-state index contributed by atoms with van der Waals surface area (Å²) in [6.45, 7) is 7.61. The van der Waals surface area contributed by atoms with Gasteiger partial charge in [-0.15, -0.1) is 0 Å². The highest BCUT2D eigenvalue weighted by molar-refractivity contribution is 6.30. The molecule has 0 bridgehead atoms. The largest absolute Gasteiger partial charge is 0.378 e. The van der Waals surface area contributed by atoms with Crippen LogP contribution in [0.2, 0.25) is 5.02 Å². The molecule has 3 rings (SSSR count). The van der Waals surface area contributed by atoms with E-state index in [-0.39, 0.29) is 18.0 Å². The first-order valence-electron chi connectivity index (χ1n) is 9.42. The molecule has 1 aromatic carbocycles. The van der Waals surface area contributed by atoms with Crippen molar-refractivity contribution in [2.45, 2.75) is 19.5 Å². The van der Waals surface area contributed by atoms with Gasteiger partial charge in [-0.05, 0) is 24.6 Å². The predicted octanol–water partition coefficient (Wildman–Crippen LogP) is 1.41. The lowest BCUT2D eigenvalue weighted by molar-refractivity contribution is -0.126. The number of carbonyl (C=O) groups is 2. The van der Waals surface area contributed by atoms with Gasteiger partial charge in [0.2, 0.25) is 5.91 Å². The van der Waals surface area contributed by atoms with Crippen LogP contribution in [0.5, 0.6) is 0 Å². The van der Waals surface area contributed by atoms with E-state index in [4.69, 9.17) is 16.3 Å². The second-order valence-electron chi connectivity index (χ2n) is 6.93. The molecule has 1 unspecified atom stereocenters. The standard InChI is InChI=1S/C19H27ClN4O3/c1-15(18(25)21-14-16-2-4-17(20)5-3-16)22-6-8-23(9-7-22)19(26)24-10-12-27-13-11-24/h2-5,15H,6-14H2,1H3,(H,21,25). The maximum absolute atomic E-state index is 12.5. The molecule has 2 aliphatic heterocycles. The normalized spacial score (nSPS) is 19.6. The van der Waals surface area contributed by atoms with Crippen molar-refractivity contribution in [1.82, 2.24) is 20.0 Å². The summed E-state index contributed by atoms with van der Waals surface area (Å²) in [6, 6.07) is 7.30. The van der Waals surface area contributed by atoms with Crippen molar-refractivity contribution >= 4 is 23.5 Å². The van der Waals surface area contributed by atoms with Gasteiger partial charge >= 0.3 is 6.03 Å². The maximum Gasteiger partial charge on any atom is 0.320 e. The van der Waals surface area contributed by atoms with E-state index in [1.165, 1.54) is 0 Å². The van der Waals surface area contributed by atoms with Crippen LogP contribution in [0, 0.1) is 0 Å². The highest BCUT2D eigenvalue weighted by atomic mass is 35.5. The van der Waals surface area contributed by atoms with Crippen molar-refractivity contribution in [3.8, 4) is 0 Å². The van der Waals surface area contributed by atoms with Crippen LogP contribution in [-0.2, 0) is 16.1 Å². The number of ether oxygens (including phenoxy) is 1. The third kappa shape index (κ3) is 5.34. The minimum atomic E-state index is -0.224. The molecule has 0 aliphatic carbocycles. The van der Waals surface area contributed by atoms with Crippen molar-refractivity contribution < 1.29 is 14.3 Å². The third-order valence-electron chi connectivity index (χ3n) is 5.17. The van der Waals surface area contributed by atoms with Crippen LogP contribution in [-0.4, -0.2) is 85.2 Å². The average Bonchev–Trinajstić information content (AvgIpc) is 2.73. The number of amides is 3. The van der Waals surface area contributed by atoms with E-state index >= 15 is 0 Å². The van der Waals surface area contributed by atoms with Crippen molar-refractivity contribution in [2.24, 2.45) is 0 Å². The van der Waals surface area contributed by atoms with Gasteiger partial charge in [0, 0.05) is 50.8 Å². The Kier molecular flexibility index (Phi) is 6.93. The lowest BCUT2D eigenvalue weighted by Crippen LogP contribution is -2.57. The Morgan fingerprint density at radius 2 is 1.63 bits per heavy atom. The lowest BCUT2D eigenvalue weighted by Gasteiger charge is -2.40. The molecule has 2 heterocycles. The number of carbonyl (C=O) groups excluding carboxylic acids is 2. The van der Waals surface area contributed by atoms with Gasteiger partial charge in [0.15, 0.2) is 0 Å². The molecular formula is C19H27ClN4O3. The highest BCUT2D eigenvalue weighted by Gasteiger charge is 2.29. The number of halogens is 1. The van der Waals surface area contributed by atoms with Gasteiger partial charge in [-0.2, -0.15) is 0 Å². The van der Waals surface area contributed by atoms with Crippen LogP contribution in [0.3, 0.4) is 0 Å². The molecule has 0 spiro atoms. The fraction of sp³-hybridized carbons (Fsp3) is 0.579. The number of piperazine rings is 1. The van der Waals surface area contributed by atoms with E-state index in [1.807, 2.05) is 41.0 Å². The highest BCUT2D eigenvalue weighted by Crippen LogP contribution is 2.12. The van der Waals surface area contributed by atoms with E-state index < -0.39 is 0 Å². The number of urea groups is 1. The number of benzene rings is 1. The second kappa shape index (κ2) is 9.39. The zero-order valence-corrected chi connectivity index (χ0v) is 16.5. The van der Waals surface area contributed by atoms with Gasteiger partial charge in [0.05, 0.1) is 19.3 Å². The summed E-state index contributed by atoms with van der Waals surface area (Å²) in [4.78, 5) is 30.8. The van der Waals surface area contributed by atoms with E-state index in [1.54, 1.807) is 0 Å². The molecule has 0 saturated carbocycles. The molecule has 0 aromatic heterocycles. The maximum atomic E-state index is 12.5. The van der Waals surface area contributed by atoms with E-state index in [0.717, 1.165) is 5.56 Å². The summed E-state index contributed by atoms with van der Waals surface area (Å²) in [7, 11) is 0. The van der Waals surface area contributed by atoms with Crippen LogP contribution in [0.1, 0.15) is 12.5 Å². The molecule has 7 nitrogen and oxygen atoms in total. The first-order chi connectivity index (χ1) is 13.0. The third-order valence-corrected chi connectivity index (χ3v) is 5.43. The van der Waals surface area contributed by atoms with Gasteiger partial charge in [-0.3, -0.25) is 9.69 Å². The summed E-state index contributed by atoms with van der Waals surface area (Å²) < 4.78 is 5.30. The van der Waals surface area contributed by atoms with Gasteiger partial charge in [0.25, 0.3) is 0 Å². The number of nitrogens with zero attached hydrogens (tertiary/aromatic N) is 3. The average molecular weight is 395 g/mol. The number of hydrogen-bond acceptors (Lipinski definition) is 4. The lowest BCUT2D eigenvalue weighted by atomic mass is 10.2. The fourth-order valence-corrected chi connectivity index (χ4v) is 3.49. The monoisotopic (exact) mass is 394 g/mol. The van der Waals surface area contributed by atoms with Gasteiger partial charge in [-0.25, -0.2) is 4.79 Å². The van der Waals surface area contributed by atoms with Crippen molar-refractivity contribution in [3.05, 3.63) is 34.9 Å². The molecule has 148 valence electrons. The molecule has 1 atom stereocenters. The Labute approximate surface area is 165 Å². The van der Waals surface area contributed by atoms with Gasteiger partial charge in [-0.1, -0.05) is 23.7 Å². The Bertz CT molecular complexity index is 641. The van der Waals surface area contributed by atoms with Gasteiger partial charge in [0.1, 0.15) is 0 Å². The smallest absolute Gasteiger partial charge is 0.320 e. The summed E-state index contributed by atoms with van der Waals surface area (Å²) in [5.41, 5.74) is 1.01. The molecule has 2 saturated heterocycles. The zero-order chi connectivity index (χ0) is 19.2. The fourth-order valence-electron chi connectivity index (χ4n) is 3.36. The van der Waals surface area contributed by atoms with Gasteiger partial charge < -0.3 is 19.9 Å². The number of rotatable bonds is 4. The molecule has 8 heteroatoms. The van der Waals surface area contributed by atoms with Crippen LogP contribution >= 0.6 is 11.6 Å². The molecule has 0 radical (unpaired) electrons. The molecule has 2 aliphatic rings. The topological polar surface area (TPSA) is 65.1 Å². The zero-order valence-electron chi connectivity index (χ0n) is 15.7.